The molecule has 1 unspecified atom stereocenters. The van der Waals surface area contributed by atoms with E-state index in [1.165, 1.54) is 23.1 Å². The van der Waals surface area contributed by atoms with Crippen LogP contribution in [0, 0.1) is 0 Å². The fourth-order valence-corrected chi connectivity index (χ4v) is 3.06. The molecule has 1 amide bonds. The van der Waals surface area contributed by atoms with Gasteiger partial charge in [-0.15, -0.1) is 0 Å². The zero-order valence-corrected chi connectivity index (χ0v) is 17.8. The average Bonchev–Trinajstić information content (AvgIpc) is 3.17. The van der Waals surface area contributed by atoms with Crippen molar-refractivity contribution in [3.05, 3.63) is 65.4 Å². The maximum absolute atomic E-state index is 12.5. The number of aliphatic carboxylic acids is 1. The van der Waals surface area contributed by atoms with Crippen molar-refractivity contribution in [2.45, 2.75) is 25.2 Å². The van der Waals surface area contributed by atoms with E-state index in [2.05, 4.69) is 4.98 Å². The van der Waals surface area contributed by atoms with E-state index in [9.17, 15) is 27.9 Å². The molecule has 12 heteroatoms. The molecule has 0 aliphatic rings. The Morgan fingerprint density at radius 2 is 1.71 bits per heavy atom. The molecular formula is C22H22F3N3O6. The summed E-state index contributed by atoms with van der Waals surface area (Å²) in [5.74, 6) is -4.28. The number of para-hydroxylation sites is 1. The quantitative estimate of drug-likeness (QED) is 0.339. The van der Waals surface area contributed by atoms with Gasteiger partial charge in [-0.25, -0.2) is 9.59 Å². The van der Waals surface area contributed by atoms with Gasteiger partial charge >= 0.3 is 18.1 Å². The number of carboxylic acid groups (broad SMARTS) is 2. The number of anilines is 1. The van der Waals surface area contributed by atoms with Crippen LogP contribution in [0.5, 0.6) is 0 Å². The number of carbonyl (C=O) groups is 3. The molecule has 0 fully saturated rings. The van der Waals surface area contributed by atoms with Gasteiger partial charge in [0.05, 0.1) is 5.56 Å². The van der Waals surface area contributed by atoms with Crippen molar-refractivity contribution in [2.24, 2.45) is 0 Å². The summed E-state index contributed by atoms with van der Waals surface area (Å²) < 4.78 is 31.7. The summed E-state index contributed by atoms with van der Waals surface area (Å²) in [6.07, 6.45) is -4.33. The lowest BCUT2D eigenvalue weighted by molar-refractivity contribution is -0.192. The number of halogens is 3. The van der Waals surface area contributed by atoms with Crippen molar-refractivity contribution in [3.63, 3.8) is 0 Å². The molecular weight excluding hydrogens is 459 g/mol. The molecule has 34 heavy (non-hydrogen) atoms. The molecule has 0 spiro atoms. The third-order valence-electron chi connectivity index (χ3n) is 4.79. The zero-order chi connectivity index (χ0) is 25.6. The predicted molar refractivity (Wildman–Crippen MR) is 116 cm³/mol. The van der Waals surface area contributed by atoms with Crippen LogP contribution >= 0.6 is 0 Å². The number of aliphatic hydroxyl groups is 1. The van der Waals surface area contributed by atoms with Gasteiger partial charge in [0.25, 0.3) is 5.91 Å². The number of nitrogens with two attached hydrogens (primary N) is 1. The summed E-state index contributed by atoms with van der Waals surface area (Å²) >= 11 is 0. The van der Waals surface area contributed by atoms with Crippen molar-refractivity contribution in [1.29, 1.82) is 0 Å². The number of nitrogens with zero attached hydrogens (tertiary/aromatic N) is 1. The molecule has 182 valence electrons. The second-order valence-electron chi connectivity index (χ2n) is 7.30. The van der Waals surface area contributed by atoms with Gasteiger partial charge in [0.1, 0.15) is 6.10 Å². The Kier molecular flexibility index (Phi) is 8.25. The number of benzene rings is 2. The zero-order valence-electron chi connectivity index (χ0n) is 17.8. The van der Waals surface area contributed by atoms with Gasteiger partial charge in [0, 0.05) is 42.8 Å². The summed E-state index contributed by atoms with van der Waals surface area (Å²) in [5, 5.41) is 27.6. The van der Waals surface area contributed by atoms with Crippen LogP contribution in [0.4, 0.5) is 18.9 Å². The normalized spacial score (nSPS) is 11.9. The van der Waals surface area contributed by atoms with Crippen molar-refractivity contribution in [2.75, 3.05) is 12.8 Å². The number of nitrogens with one attached hydrogen (secondary N) is 1. The number of rotatable bonds is 6. The van der Waals surface area contributed by atoms with Crippen LogP contribution in [0.1, 0.15) is 21.5 Å². The maximum atomic E-state index is 12.5. The number of alkyl halides is 3. The van der Waals surface area contributed by atoms with Crippen LogP contribution in [-0.4, -0.2) is 62.4 Å². The first kappa shape index (κ1) is 26.2. The predicted octanol–water partition coefficient (Wildman–Crippen LogP) is 2.64. The van der Waals surface area contributed by atoms with Gasteiger partial charge in [-0.2, -0.15) is 13.2 Å². The highest BCUT2D eigenvalue weighted by Crippen LogP contribution is 2.21. The Labute approximate surface area is 191 Å². The first-order chi connectivity index (χ1) is 15.8. The van der Waals surface area contributed by atoms with E-state index in [-0.39, 0.29) is 18.5 Å². The van der Waals surface area contributed by atoms with Crippen molar-refractivity contribution >= 4 is 34.4 Å². The van der Waals surface area contributed by atoms with Crippen molar-refractivity contribution in [1.82, 2.24) is 9.88 Å². The van der Waals surface area contributed by atoms with Crippen molar-refractivity contribution < 1.29 is 42.9 Å². The number of aromatic carboxylic acids is 1. The number of aromatic amines is 1. The first-order valence-electron chi connectivity index (χ1n) is 9.71. The third kappa shape index (κ3) is 6.72. The van der Waals surface area contributed by atoms with E-state index in [1.807, 2.05) is 24.3 Å². The van der Waals surface area contributed by atoms with Crippen LogP contribution < -0.4 is 5.73 Å². The number of fused-ring (bicyclic) bond motifs is 1. The fraction of sp³-hybridized carbons (Fsp3) is 0.227. The minimum Gasteiger partial charge on any atom is -0.478 e. The molecule has 0 saturated heterocycles. The Morgan fingerprint density at radius 3 is 2.29 bits per heavy atom. The fourth-order valence-electron chi connectivity index (χ4n) is 3.06. The van der Waals surface area contributed by atoms with E-state index >= 15 is 0 Å². The van der Waals surface area contributed by atoms with Crippen LogP contribution in [0.2, 0.25) is 0 Å². The van der Waals surface area contributed by atoms with Gasteiger partial charge in [-0.3, -0.25) is 4.79 Å². The smallest absolute Gasteiger partial charge is 0.478 e. The van der Waals surface area contributed by atoms with E-state index in [4.69, 9.17) is 20.7 Å². The monoisotopic (exact) mass is 481 g/mol. The number of hydrogen-bond acceptors (Lipinski definition) is 5. The lowest BCUT2D eigenvalue weighted by atomic mass is 10.1. The van der Waals surface area contributed by atoms with Crippen LogP contribution in [0.3, 0.4) is 0 Å². The Morgan fingerprint density at radius 1 is 1.09 bits per heavy atom. The molecule has 0 aliphatic carbocycles. The largest absolute Gasteiger partial charge is 0.490 e. The molecule has 1 heterocycles. The van der Waals surface area contributed by atoms with Gasteiger partial charge in [0.2, 0.25) is 0 Å². The highest BCUT2D eigenvalue weighted by molar-refractivity contribution is 5.89. The maximum Gasteiger partial charge on any atom is 0.490 e. The number of H-pyrrole nitrogens is 1. The highest BCUT2D eigenvalue weighted by Gasteiger charge is 2.38. The first-order valence-corrected chi connectivity index (χ1v) is 9.71. The molecule has 0 bridgehead atoms. The molecule has 3 rings (SSSR count). The molecule has 0 aliphatic heterocycles. The lowest BCUT2D eigenvalue weighted by Crippen LogP contribution is -2.37. The van der Waals surface area contributed by atoms with Crippen molar-refractivity contribution in [3.8, 4) is 0 Å². The topological polar surface area (TPSA) is 157 Å². The highest BCUT2D eigenvalue weighted by atomic mass is 19.4. The number of aromatic nitrogens is 1. The summed E-state index contributed by atoms with van der Waals surface area (Å²) in [5.41, 5.74) is 8.70. The van der Waals surface area contributed by atoms with Crippen LogP contribution in [0.15, 0.2) is 48.7 Å². The lowest BCUT2D eigenvalue weighted by Gasteiger charge is -2.21. The molecule has 1 aromatic heterocycles. The molecule has 9 nitrogen and oxygen atoms in total. The summed E-state index contributed by atoms with van der Waals surface area (Å²) in [7, 11) is 1.55. The molecule has 2 aromatic carbocycles. The number of aliphatic hydroxyl groups excluding tert-OH is 1. The number of hydrogen-bond donors (Lipinski definition) is 5. The second kappa shape index (κ2) is 10.7. The van der Waals surface area contributed by atoms with Crippen LogP contribution in [-0.2, 0) is 22.6 Å². The number of carboxylic acids is 2. The summed E-state index contributed by atoms with van der Waals surface area (Å²) in [6.45, 7) is 0.108. The number of carbonyl (C=O) groups excluding carboxylic acids is 1. The Hall–Kier alpha value is -4.06. The van der Waals surface area contributed by atoms with E-state index < -0.39 is 30.1 Å². The average molecular weight is 481 g/mol. The van der Waals surface area contributed by atoms with E-state index in [0.717, 1.165) is 16.5 Å². The summed E-state index contributed by atoms with van der Waals surface area (Å²) in [4.78, 5) is 37.0. The minimum absolute atomic E-state index is 0.0967. The van der Waals surface area contributed by atoms with E-state index in [0.29, 0.717) is 11.3 Å². The SMILES string of the molecule is CN(Cc1cc(C(=O)O)ccc1N)C(=O)C(O)Cc1c[nH]c2ccccc12.O=C(O)C(F)(F)F. The third-order valence-corrected chi connectivity index (χ3v) is 4.79. The van der Waals surface area contributed by atoms with Gasteiger partial charge < -0.3 is 30.9 Å². The minimum atomic E-state index is -5.08. The molecule has 0 radical (unpaired) electrons. The number of likely N-dealkylation sites (N-methyl/N-ethyl adjacent to an activating group) is 1. The molecule has 0 saturated carbocycles. The van der Waals surface area contributed by atoms with E-state index in [1.54, 1.807) is 13.2 Å². The number of nitrogen functional groups attached to an aromatic ring is 1. The van der Waals surface area contributed by atoms with Gasteiger partial charge in [-0.1, -0.05) is 18.2 Å². The van der Waals surface area contributed by atoms with Crippen LogP contribution in [0.25, 0.3) is 10.9 Å². The standard InChI is InChI=1S/C20H21N3O4.C2HF3O2/c1-23(11-14-8-12(20(26)27)6-7-16(14)21)19(25)18(24)9-13-10-22-17-5-3-2-4-15(13)17;3-2(4,5)1(6)7/h2-8,10,18,22,24H,9,11,21H2,1H3,(H,26,27);(H,6,7). The number of amides is 1. The Bertz CT molecular complexity index is 1190. The second-order valence-corrected chi connectivity index (χ2v) is 7.30. The molecule has 6 N–H and O–H groups in total. The van der Waals surface area contributed by atoms with Gasteiger partial charge in [-0.05, 0) is 35.4 Å². The van der Waals surface area contributed by atoms with Gasteiger partial charge in [0.15, 0.2) is 0 Å². The molecule has 1 atom stereocenters. The Balaban J connectivity index is 0.000000509. The molecule has 3 aromatic rings. The summed E-state index contributed by atoms with van der Waals surface area (Å²) in [6, 6.07) is 12.0.